The molecule has 1 aliphatic rings. The second-order valence-corrected chi connectivity index (χ2v) is 6.98. The van der Waals surface area contributed by atoms with Crippen molar-refractivity contribution in [2.24, 2.45) is 0 Å². The van der Waals surface area contributed by atoms with E-state index in [-0.39, 0.29) is 16.3 Å². The van der Waals surface area contributed by atoms with Crippen LogP contribution >= 0.6 is 11.3 Å². The van der Waals surface area contributed by atoms with Gasteiger partial charge in [0.25, 0.3) is 5.78 Å². The first-order valence-electron chi connectivity index (χ1n) is 8.48. The lowest BCUT2D eigenvalue weighted by Gasteiger charge is -2.22. The monoisotopic (exact) mass is 411 g/mol. The van der Waals surface area contributed by atoms with Crippen LogP contribution in [-0.2, 0) is 9.59 Å². The van der Waals surface area contributed by atoms with Crippen molar-refractivity contribution < 1.29 is 23.8 Å². The van der Waals surface area contributed by atoms with Crippen LogP contribution < -0.4 is 9.64 Å². The van der Waals surface area contributed by atoms with Gasteiger partial charge in [0.15, 0.2) is 0 Å². The highest BCUT2D eigenvalue weighted by molar-refractivity contribution is 7.13. The van der Waals surface area contributed by atoms with Gasteiger partial charge in [0, 0.05) is 5.56 Å². The number of anilines is 1. The molecule has 1 unspecified atom stereocenters. The Labute approximate surface area is 168 Å². The van der Waals surface area contributed by atoms with Crippen molar-refractivity contribution in [3.05, 3.63) is 76.6 Å². The number of hydrogen-bond donors (Lipinski definition) is 1. The molecule has 2 heterocycles. The normalized spacial score (nSPS) is 18.3. The zero-order valence-corrected chi connectivity index (χ0v) is 15.9. The van der Waals surface area contributed by atoms with Crippen LogP contribution in [-0.4, -0.2) is 34.1 Å². The van der Waals surface area contributed by atoms with Crippen LogP contribution in [0.1, 0.15) is 17.2 Å². The molecule has 146 valence electrons. The minimum atomic E-state index is -0.918. The number of ketones is 1. The SMILES string of the molecule is COc1ccc(C2/C(=C(/O)c3ccc(F)cc3)C(=O)C(=O)N2c2nncs2)cc1. The Kier molecular flexibility index (Phi) is 4.81. The molecule has 0 aliphatic carbocycles. The summed E-state index contributed by atoms with van der Waals surface area (Å²) in [7, 11) is 1.52. The predicted molar refractivity (Wildman–Crippen MR) is 104 cm³/mol. The average molecular weight is 411 g/mol. The van der Waals surface area contributed by atoms with Crippen molar-refractivity contribution in [1.29, 1.82) is 0 Å². The van der Waals surface area contributed by atoms with Gasteiger partial charge in [0.2, 0.25) is 5.13 Å². The third kappa shape index (κ3) is 3.25. The van der Waals surface area contributed by atoms with Crippen LogP contribution in [0.4, 0.5) is 9.52 Å². The summed E-state index contributed by atoms with van der Waals surface area (Å²) in [4.78, 5) is 26.8. The maximum atomic E-state index is 13.3. The number of aliphatic hydroxyl groups is 1. The summed E-state index contributed by atoms with van der Waals surface area (Å²) in [5.41, 5.74) is 2.13. The van der Waals surface area contributed by atoms with Gasteiger partial charge in [-0.05, 0) is 42.0 Å². The molecule has 2 aromatic carbocycles. The summed E-state index contributed by atoms with van der Waals surface area (Å²) < 4.78 is 18.4. The molecule has 7 nitrogen and oxygen atoms in total. The zero-order chi connectivity index (χ0) is 20.5. The summed E-state index contributed by atoms with van der Waals surface area (Å²) in [6, 6.07) is 10.9. The molecule has 1 fully saturated rings. The molecule has 1 saturated heterocycles. The summed E-state index contributed by atoms with van der Waals surface area (Å²) >= 11 is 1.10. The Hall–Kier alpha value is -3.59. The van der Waals surface area contributed by atoms with Gasteiger partial charge in [-0.3, -0.25) is 14.5 Å². The standard InChI is InChI=1S/C20H14FN3O4S/c1-28-14-8-4-11(5-9-14)16-15(17(25)12-2-6-13(21)7-3-12)18(26)19(27)24(16)20-23-22-10-29-20/h2-10,16,25H,1H3/b17-15-. The van der Waals surface area contributed by atoms with E-state index in [1.165, 1.54) is 29.7 Å². The molecule has 0 saturated carbocycles. The topological polar surface area (TPSA) is 92.6 Å². The number of ether oxygens (including phenoxy) is 1. The van der Waals surface area contributed by atoms with E-state index in [1.807, 2.05) is 0 Å². The second kappa shape index (κ2) is 7.44. The Bertz CT molecular complexity index is 1100. The van der Waals surface area contributed by atoms with Crippen LogP contribution in [0.25, 0.3) is 5.76 Å². The van der Waals surface area contributed by atoms with E-state index in [2.05, 4.69) is 10.2 Å². The van der Waals surface area contributed by atoms with Gasteiger partial charge in [-0.1, -0.05) is 23.5 Å². The van der Waals surface area contributed by atoms with Crippen LogP contribution in [0.2, 0.25) is 0 Å². The van der Waals surface area contributed by atoms with Crippen molar-refractivity contribution >= 4 is 33.9 Å². The smallest absolute Gasteiger partial charge is 0.301 e. The van der Waals surface area contributed by atoms with Gasteiger partial charge in [0.05, 0.1) is 18.7 Å². The third-order valence-electron chi connectivity index (χ3n) is 4.55. The summed E-state index contributed by atoms with van der Waals surface area (Å²) in [5, 5.41) is 18.7. The molecule has 9 heteroatoms. The van der Waals surface area contributed by atoms with Gasteiger partial charge < -0.3 is 9.84 Å². The van der Waals surface area contributed by atoms with Gasteiger partial charge in [0.1, 0.15) is 22.8 Å². The predicted octanol–water partition coefficient (Wildman–Crippen LogP) is 3.31. The van der Waals surface area contributed by atoms with Crippen LogP contribution in [0.5, 0.6) is 5.75 Å². The van der Waals surface area contributed by atoms with Crippen LogP contribution in [0.15, 0.2) is 59.6 Å². The minimum Gasteiger partial charge on any atom is -0.507 e. The molecule has 0 spiro atoms. The third-order valence-corrected chi connectivity index (χ3v) is 5.24. The van der Waals surface area contributed by atoms with Crippen LogP contribution in [0, 0.1) is 5.82 Å². The maximum Gasteiger partial charge on any atom is 0.301 e. The molecule has 3 aromatic rings. The first-order chi connectivity index (χ1) is 14.0. The molecular weight excluding hydrogens is 397 g/mol. The Morgan fingerprint density at radius 1 is 1.14 bits per heavy atom. The first kappa shape index (κ1) is 18.8. The minimum absolute atomic E-state index is 0.109. The van der Waals surface area contributed by atoms with E-state index in [1.54, 1.807) is 24.3 Å². The molecule has 4 rings (SSSR count). The lowest BCUT2D eigenvalue weighted by molar-refractivity contribution is -0.132. The highest BCUT2D eigenvalue weighted by atomic mass is 32.1. The molecule has 1 atom stereocenters. The van der Waals surface area contributed by atoms with Gasteiger partial charge in [-0.2, -0.15) is 0 Å². The Balaban J connectivity index is 1.91. The van der Waals surface area contributed by atoms with Crippen molar-refractivity contribution in [3.63, 3.8) is 0 Å². The number of halogens is 1. The number of hydrogen-bond acceptors (Lipinski definition) is 7. The number of Topliss-reactive ketones (excluding diaryl/α,β-unsaturated/α-hetero) is 1. The molecule has 0 radical (unpaired) electrons. The fourth-order valence-electron chi connectivity index (χ4n) is 3.17. The van der Waals surface area contributed by atoms with E-state index in [9.17, 15) is 19.1 Å². The molecular formula is C20H14FN3O4S. The zero-order valence-electron chi connectivity index (χ0n) is 15.1. The number of nitrogens with zero attached hydrogens (tertiary/aromatic N) is 3. The molecule has 0 bridgehead atoms. The first-order valence-corrected chi connectivity index (χ1v) is 9.36. The molecule has 1 amide bonds. The fourth-order valence-corrected chi connectivity index (χ4v) is 3.75. The molecule has 1 N–H and O–H groups in total. The number of carbonyl (C=O) groups excluding carboxylic acids is 2. The van der Waals surface area contributed by atoms with E-state index < -0.39 is 29.3 Å². The summed E-state index contributed by atoms with van der Waals surface area (Å²) in [6.45, 7) is 0. The van der Waals surface area contributed by atoms with Crippen LogP contribution in [0.3, 0.4) is 0 Å². The Morgan fingerprint density at radius 2 is 1.83 bits per heavy atom. The number of methoxy groups -OCH3 is 1. The summed E-state index contributed by atoms with van der Waals surface area (Å²) in [6.07, 6.45) is 0. The second-order valence-electron chi connectivity index (χ2n) is 6.17. The van der Waals surface area contributed by atoms with Gasteiger partial charge >= 0.3 is 5.91 Å². The highest BCUT2D eigenvalue weighted by Crippen LogP contribution is 2.42. The van der Waals surface area contributed by atoms with Crippen molar-refractivity contribution in [3.8, 4) is 5.75 Å². The summed E-state index contributed by atoms with van der Waals surface area (Å²) in [5.74, 6) is -1.96. The fraction of sp³-hybridized carbons (Fsp3) is 0.100. The average Bonchev–Trinajstić information content (AvgIpc) is 3.35. The van der Waals surface area contributed by atoms with Gasteiger partial charge in [-0.25, -0.2) is 4.39 Å². The number of aromatic nitrogens is 2. The largest absolute Gasteiger partial charge is 0.507 e. The van der Waals surface area contributed by atoms with Crippen molar-refractivity contribution in [2.75, 3.05) is 12.0 Å². The molecule has 29 heavy (non-hydrogen) atoms. The van der Waals surface area contributed by atoms with Gasteiger partial charge in [-0.15, -0.1) is 10.2 Å². The van der Waals surface area contributed by atoms with E-state index in [0.717, 1.165) is 23.5 Å². The lowest BCUT2D eigenvalue weighted by atomic mass is 9.95. The van der Waals surface area contributed by atoms with E-state index in [4.69, 9.17) is 4.74 Å². The highest BCUT2D eigenvalue weighted by Gasteiger charge is 2.48. The quantitative estimate of drug-likeness (QED) is 0.402. The number of benzene rings is 2. The number of rotatable bonds is 4. The van der Waals surface area contributed by atoms with Crippen molar-refractivity contribution in [2.45, 2.75) is 6.04 Å². The molecule has 1 aromatic heterocycles. The molecule has 1 aliphatic heterocycles. The number of amides is 1. The maximum absolute atomic E-state index is 13.3. The Morgan fingerprint density at radius 3 is 2.41 bits per heavy atom. The van der Waals surface area contributed by atoms with E-state index in [0.29, 0.717) is 11.3 Å². The number of aliphatic hydroxyl groups excluding tert-OH is 1. The van der Waals surface area contributed by atoms with Crippen molar-refractivity contribution in [1.82, 2.24) is 10.2 Å². The lowest BCUT2D eigenvalue weighted by Crippen LogP contribution is -2.29. The van der Waals surface area contributed by atoms with E-state index >= 15 is 0 Å². The number of carbonyl (C=O) groups is 2.